The van der Waals surface area contributed by atoms with Crippen LogP contribution in [0.5, 0.6) is 11.6 Å². The molecule has 0 saturated carbocycles. The van der Waals surface area contributed by atoms with Crippen molar-refractivity contribution in [2.45, 2.75) is 6.92 Å². The molecule has 2 aromatic rings. The number of aryl methyl sites for hydroxylation is 2. The van der Waals surface area contributed by atoms with E-state index < -0.39 is 0 Å². The molecule has 0 aliphatic carbocycles. The predicted molar refractivity (Wildman–Crippen MR) is 57.9 cm³/mol. The number of rotatable bonds is 3. The van der Waals surface area contributed by atoms with Gasteiger partial charge in [0.1, 0.15) is 0 Å². The van der Waals surface area contributed by atoms with Crippen LogP contribution >= 0.6 is 0 Å². The quantitative estimate of drug-likeness (QED) is 0.581. The van der Waals surface area contributed by atoms with Crippen molar-refractivity contribution >= 4 is 5.95 Å². The summed E-state index contributed by atoms with van der Waals surface area (Å²) in [7, 11) is 1.81. The van der Waals surface area contributed by atoms with Crippen molar-refractivity contribution in [1.82, 2.24) is 19.7 Å². The molecule has 84 valence electrons. The lowest BCUT2D eigenvalue weighted by Gasteiger charge is -2.04. The maximum atomic E-state index is 5.49. The second kappa shape index (κ2) is 4.15. The van der Waals surface area contributed by atoms with Crippen LogP contribution in [-0.4, -0.2) is 19.7 Å². The minimum atomic E-state index is 0.318. The minimum absolute atomic E-state index is 0.318. The van der Waals surface area contributed by atoms with Gasteiger partial charge in [-0.3, -0.25) is 10.1 Å². The van der Waals surface area contributed by atoms with E-state index >= 15 is 0 Å². The van der Waals surface area contributed by atoms with E-state index in [1.165, 1.54) is 0 Å². The van der Waals surface area contributed by atoms with Crippen molar-refractivity contribution in [3.63, 3.8) is 0 Å². The summed E-state index contributed by atoms with van der Waals surface area (Å²) in [5.41, 5.74) is 3.14. The maximum Gasteiger partial charge on any atom is 0.240 e. The highest BCUT2D eigenvalue weighted by atomic mass is 16.5. The summed E-state index contributed by atoms with van der Waals surface area (Å²) in [6.45, 7) is 1.83. The first kappa shape index (κ1) is 10.4. The van der Waals surface area contributed by atoms with E-state index in [9.17, 15) is 0 Å². The van der Waals surface area contributed by atoms with E-state index in [1.54, 1.807) is 23.1 Å². The zero-order valence-corrected chi connectivity index (χ0v) is 9.01. The van der Waals surface area contributed by atoms with Gasteiger partial charge in [0.2, 0.25) is 11.8 Å². The first-order valence-electron chi connectivity index (χ1n) is 4.66. The monoisotopic (exact) mass is 220 g/mol. The van der Waals surface area contributed by atoms with Crippen molar-refractivity contribution in [2.24, 2.45) is 12.9 Å². The normalized spacial score (nSPS) is 10.2. The second-order valence-corrected chi connectivity index (χ2v) is 3.27. The molecule has 0 unspecified atom stereocenters. The Morgan fingerprint density at radius 1 is 1.44 bits per heavy atom. The highest BCUT2D eigenvalue weighted by Gasteiger charge is 2.04. The molecule has 7 heteroatoms. The number of aromatic nitrogens is 4. The predicted octanol–water partition coefficient (Wildman–Crippen LogP) is 0.596. The molecule has 0 amide bonds. The topological polar surface area (TPSA) is 90.9 Å². The number of hydrogen-bond acceptors (Lipinski definition) is 6. The Labute approximate surface area is 92.2 Å². The molecule has 0 spiro atoms. The van der Waals surface area contributed by atoms with Crippen molar-refractivity contribution in [1.29, 1.82) is 0 Å². The van der Waals surface area contributed by atoms with E-state index in [4.69, 9.17) is 10.6 Å². The number of ether oxygens (including phenoxy) is 1. The van der Waals surface area contributed by atoms with Crippen molar-refractivity contribution < 1.29 is 4.74 Å². The van der Waals surface area contributed by atoms with Crippen LogP contribution < -0.4 is 16.0 Å². The Bertz CT molecular complexity index is 494. The lowest BCUT2D eigenvalue weighted by Crippen LogP contribution is -2.11. The second-order valence-electron chi connectivity index (χ2n) is 3.27. The van der Waals surface area contributed by atoms with Crippen molar-refractivity contribution in [3.8, 4) is 11.6 Å². The van der Waals surface area contributed by atoms with Crippen LogP contribution in [-0.2, 0) is 7.05 Å². The van der Waals surface area contributed by atoms with Crippen LogP contribution in [0.1, 0.15) is 5.69 Å². The molecule has 0 bridgehead atoms. The summed E-state index contributed by atoms with van der Waals surface area (Å²) in [5, 5.41) is 3.99. The molecule has 0 radical (unpaired) electrons. The van der Waals surface area contributed by atoms with Crippen molar-refractivity contribution in [2.75, 3.05) is 5.43 Å². The standard InChI is InChI=1S/C9H12N6O/c1-6-3-8(13-9(12-6)14-10)16-7-4-11-15(2)5-7/h3-5H,10H2,1-2H3,(H,12,13,14). The Morgan fingerprint density at radius 2 is 2.25 bits per heavy atom. The van der Waals surface area contributed by atoms with Gasteiger partial charge in [0.25, 0.3) is 0 Å². The molecular formula is C9H12N6O. The average molecular weight is 220 g/mol. The van der Waals surface area contributed by atoms with E-state index in [1.807, 2.05) is 14.0 Å². The highest BCUT2D eigenvalue weighted by Crippen LogP contribution is 2.19. The van der Waals surface area contributed by atoms with Gasteiger partial charge in [-0.15, -0.1) is 0 Å². The van der Waals surface area contributed by atoms with Crippen molar-refractivity contribution in [3.05, 3.63) is 24.2 Å². The zero-order valence-electron chi connectivity index (χ0n) is 9.01. The van der Waals surface area contributed by atoms with E-state index in [-0.39, 0.29) is 0 Å². The number of nitrogen functional groups attached to an aromatic ring is 1. The van der Waals surface area contributed by atoms with Crippen LogP contribution in [0.25, 0.3) is 0 Å². The molecule has 0 aromatic carbocycles. The minimum Gasteiger partial charge on any atom is -0.436 e. The van der Waals surface area contributed by atoms with Gasteiger partial charge in [-0.2, -0.15) is 10.1 Å². The Hall–Kier alpha value is -2.15. The van der Waals surface area contributed by atoms with E-state index in [0.29, 0.717) is 17.6 Å². The molecule has 16 heavy (non-hydrogen) atoms. The number of nitrogens with zero attached hydrogens (tertiary/aromatic N) is 4. The van der Waals surface area contributed by atoms with Crippen LogP contribution in [0, 0.1) is 6.92 Å². The number of nitrogens with two attached hydrogens (primary N) is 1. The molecule has 2 rings (SSSR count). The molecule has 0 fully saturated rings. The number of anilines is 1. The molecule has 3 N–H and O–H groups in total. The lowest BCUT2D eigenvalue weighted by molar-refractivity contribution is 0.461. The molecule has 2 heterocycles. The number of nitrogens with one attached hydrogen (secondary N) is 1. The fraction of sp³-hybridized carbons (Fsp3) is 0.222. The molecular weight excluding hydrogens is 208 g/mol. The summed E-state index contributed by atoms with van der Waals surface area (Å²) in [4.78, 5) is 8.10. The Kier molecular flexibility index (Phi) is 2.69. The molecule has 0 aliphatic heterocycles. The van der Waals surface area contributed by atoms with Gasteiger partial charge in [0, 0.05) is 18.8 Å². The first-order chi connectivity index (χ1) is 7.67. The molecule has 0 aliphatic rings. The van der Waals surface area contributed by atoms with Gasteiger partial charge in [-0.05, 0) is 6.92 Å². The molecule has 2 aromatic heterocycles. The van der Waals surface area contributed by atoms with Gasteiger partial charge in [0.15, 0.2) is 5.75 Å². The van der Waals surface area contributed by atoms with Gasteiger partial charge in [-0.25, -0.2) is 10.8 Å². The SMILES string of the molecule is Cc1cc(Oc2cnn(C)c2)nc(NN)n1. The third-order valence-electron chi connectivity index (χ3n) is 1.86. The first-order valence-corrected chi connectivity index (χ1v) is 4.66. The van der Waals surface area contributed by atoms with Gasteiger partial charge < -0.3 is 4.74 Å². The molecule has 7 nitrogen and oxygen atoms in total. The average Bonchev–Trinajstić information content (AvgIpc) is 2.63. The summed E-state index contributed by atoms with van der Waals surface area (Å²) < 4.78 is 7.14. The zero-order chi connectivity index (χ0) is 11.5. The third kappa shape index (κ3) is 2.26. The molecule has 0 saturated heterocycles. The highest BCUT2D eigenvalue weighted by molar-refractivity contribution is 5.31. The summed E-state index contributed by atoms with van der Waals surface area (Å²) in [6.07, 6.45) is 3.35. The fourth-order valence-corrected chi connectivity index (χ4v) is 1.23. The fourth-order valence-electron chi connectivity index (χ4n) is 1.23. The van der Waals surface area contributed by atoms with Gasteiger partial charge in [0.05, 0.1) is 12.4 Å². The van der Waals surface area contributed by atoms with Crippen LogP contribution in [0.3, 0.4) is 0 Å². The van der Waals surface area contributed by atoms with Crippen LogP contribution in [0.2, 0.25) is 0 Å². The third-order valence-corrected chi connectivity index (χ3v) is 1.86. The summed E-state index contributed by atoms with van der Waals surface area (Å²) in [5.74, 6) is 6.60. The maximum absolute atomic E-state index is 5.49. The smallest absolute Gasteiger partial charge is 0.240 e. The summed E-state index contributed by atoms with van der Waals surface area (Å²) in [6, 6.07) is 1.72. The largest absolute Gasteiger partial charge is 0.436 e. The molecule has 0 atom stereocenters. The number of hydrogen-bond donors (Lipinski definition) is 2. The summed E-state index contributed by atoms with van der Waals surface area (Å²) >= 11 is 0. The van der Waals surface area contributed by atoms with Crippen LogP contribution in [0.15, 0.2) is 18.5 Å². The van der Waals surface area contributed by atoms with E-state index in [0.717, 1.165) is 5.69 Å². The Morgan fingerprint density at radius 3 is 2.88 bits per heavy atom. The van der Waals surface area contributed by atoms with Gasteiger partial charge in [-0.1, -0.05) is 0 Å². The van der Waals surface area contributed by atoms with E-state index in [2.05, 4.69) is 20.5 Å². The lowest BCUT2D eigenvalue weighted by atomic mass is 10.4. The van der Waals surface area contributed by atoms with Crippen LogP contribution in [0.4, 0.5) is 5.95 Å². The van der Waals surface area contributed by atoms with Gasteiger partial charge >= 0.3 is 0 Å². The Balaban J connectivity index is 2.24. The number of hydrazine groups is 1.